The minimum atomic E-state index is -1.07. The van der Waals surface area contributed by atoms with Crippen LogP contribution < -0.4 is 10.1 Å². The van der Waals surface area contributed by atoms with E-state index in [-0.39, 0.29) is 24.5 Å². The number of methoxy groups -OCH3 is 1. The predicted octanol–water partition coefficient (Wildman–Crippen LogP) is 1.81. The van der Waals surface area contributed by atoms with Crippen LogP contribution in [0.2, 0.25) is 0 Å². The van der Waals surface area contributed by atoms with E-state index >= 15 is 0 Å². The standard InChI is InChI=1S/C13H15NO5/c1-3-6-19-13(17)14-8-9-4-5-10(12(15)16)11(7-9)18-2/h3-5,7H,1,6,8H2,2H3,(H,14,17)(H,15,16). The molecule has 1 aromatic carbocycles. The summed E-state index contributed by atoms with van der Waals surface area (Å²) in [5.41, 5.74) is 0.776. The van der Waals surface area contributed by atoms with E-state index in [1.54, 1.807) is 12.1 Å². The number of amides is 1. The number of nitrogens with one attached hydrogen (secondary N) is 1. The van der Waals surface area contributed by atoms with Gasteiger partial charge in [-0.1, -0.05) is 18.7 Å². The van der Waals surface area contributed by atoms with Crippen LogP contribution in [0.25, 0.3) is 0 Å². The molecule has 0 unspecified atom stereocenters. The molecule has 0 radical (unpaired) electrons. The van der Waals surface area contributed by atoms with Crippen molar-refractivity contribution >= 4 is 12.1 Å². The fourth-order valence-electron chi connectivity index (χ4n) is 1.38. The van der Waals surface area contributed by atoms with Crippen molar-refractivity contribution in [2.75, 3.05) is 13.7 Å². The number of rotatable bonds is 6. The molecule has 0 heterocycles. The Bertz CT molecular complexity index is 484. The van der Waals surface area contributed by atoms with Gasteiger partial charge in [-0.3, -0.25) is 0 Å². The highest BCUT2D eigenvalue weighted by atomic mass is 16.5. The van der Waals surface area contributed by atoms with Gasteiger partial charge in [-0.25, -0.2) is 9.59 Å². The molecule has 6 nitrogen and oxygen atoms in total. The number of carboxylic acid groups (broad SMARTS) is 1. The lowest BCUT2D eigenvalue weighted by atomic mass is 10.1. The smallest absolute Gasteiger partial charge is 0.407 e. The SMILES string of the molecule is C=CCOC(=O)NCc1ccc(C(=O)O)c(OC)c1. The van der Waals surface area contributed by atoms with E-state index < -0.39 is 12.1 Å². The molecule has 0 bridgehead atoms. The summed E-state index contributed by atoms with van der Waals surface area (Å²) < 4.78 is 9.72. The van der Waals surface area contributed by atoms with Crippen molar-refractivity contribution in [3.05, 3.63) is 42.0 Å². The number of carbonyl (C=O) groups excluding carboxylic acids is 1. The van der Waals surface area contributed by atoms with E-state index in [1.165, 1.54) is 19.3 Å². The Morgan fingerprint density at radius 2 is 2.21 bits per heavy atom. The Morgan fingerprint density at radius 1 is 1.47 bits per heavy atom. The Kier molecular flexibility index (Phi) is 5.40. The summed E-state index contributed by atoms with van der Waals surface area (Å²) >= 11 is 0. The topological polar surface area (TPSA) is 84.9 Å². The molecule has 1 amide bonds. The lowest BCUT2D eigenvalue weighted by molar-refractivity contribution is 0.0693. The number of carbonyl (C=O) groups is 2. The van der Waals surface area contributed by atoms with Crippen molar-refractivity contribution in [1.29, 1.82) is 0 Å². The highest BCUT2D eigenvalue weighted by molar-refractivity contribution is 5.91. The number of ether oxygens (including phenoxy) is 2. The number of alkyl carbamates (subject to hydrolysis) is 1. The summed E-state index contributed by atoms with van der Waals surface area (Å²) in [6.07, 6.45) is 0.894. The van der Waals surface area contributed by atoms with Crippen molar-refractivity contribution in [2.45, 2.75) is 6.54 Å². The fraction of sp³-hybridized carbons (Fsp3) is 0.231. The van der Waals surface area contributed by atoms with E-state index in [2.05, 4.69) is 11.9 Å². The largest absolute Gasteiger partial charge is 0.496 e. The highest BCUT2D eigenvalue weighted by Crippen LogP contribution is 2.20. The Balaban J connectivity index is 2.67. The second kappa shape index (κ2) is 7.05. The molecule has 0 aromatic heterocycles. The van der Waals surface area contributed by atoms with Crippen LogP contribution in [0.5, 0.6) is 5.75 Å². The van der Waals surface area contributed by atoms with Gasteiger partial charge in [0.15, 0.2) is 0 Å². The van der Waals surface area contributed by atoms with Crippen LogP contribution >= 0.6 is 0 Å². The number of benzene rings is 1. The molecule has 19 heavy (non-hydrogen) atoms. The molecule has 1 rings (SSSR count). The zero-order valence-electron chi connectivity index (χ0n) is 10.5. The van der Waals surface area contributed by atoms with Crippen LogP contribution in [0.3, 0.4) is 0 Å². The van der Waals surface area contributed by atoms with Crippen LogP contribution in [-0.2, 0) is 11.3 Å². The molecule has 0 aliphatic carbocycles. The lowest BCUT2D eigenvalue weighted by Gasteiger charge is -2.09. The second-order valence-corrected chi connectivity index (χ2v) is 3.58. The van der Waals surface area contributed by atoms with Crippen molar-refractivity contribution < 1.29 is 24.2 Å². The average molecular weight is 265 g/mol. The first kappa shape index (κ1) is 14.6. The van der Waals surface area contributed by atoms with E-state index in [0.717, 1.165) is 0 Å². The van der Waals surface area contributed by atoms with E-state index in [4.69, 9.17) is 14.6 Å². The molecule has 0 atom stereocenters. The van der Waals surface area contributed by atoms with Crippen molar-refractivity contribution in [1.82, 2.24) is 5.32 Å². The van der Waals surface area contributed by atoms with Gasteiger partial charge in [0.05, 0.1) is 7.11 Å². The first-order chi connectivity index (χ1) is 9.08. The van der Waals surface area contributed by atoms with E-state index in [9.17, 15) is 9.59 Å². The number of hydrogen-bond donors (Lipinski definition) is 2. The molecule has 0 aliphatic rings. The molecule has 102 valence electrons. The van der Waals surface area contributed by atoms with Gasteiger partial charge < -0.3 is 19.9 Å². The molecule has 0 saturated heterocycles. The van der Waals surface area contributed by atoms with Crippen LogP contribution in [-0.4, -0.2) is 30.9 Å². The molecule has 2 N–H and O–H groups in total. The molecule has 0 saturated carbocycles. The van der Waals surface area contributed by atoms with Gasteiger partial charge in [0, 0.05) is 6.54 Å². The third-order valence-corrected chi connectivity index (χ3v) is 2.27. The van der Waals surface area contributed by atoms with Gasteiger partial charge >= 0.3 is 12.1 Å². The summed E-state index contributed by atoms with van der Waals surface area (Å²) in [6.45, 7) is 3.77. The molecule has 6 heteroatoms. The van der Waals surface area contributed by atoms with Crippen molar-refractivity contribution in [3.63, 3.8) is 0 Å². The summed E-state index contributed by atoms with van der Waals surface area (Å²) in [5, 5.41) is 11.4. The molecule has 0 aliphatic heterocycles. The number of hydrogen-bond acceptors (Lipinski definition) is 4. The van der Waals surface area contributed by atoms with Crippen LogP contribution in [0.1, 0.15) is 15.9 Å². The zero-order valence-corrected chi connectivity index (χ0v) is 10.5. The van der Waals surface area contributed by atoms with Crippen molar-refractivity contribution in [2.24, 2.45) is 0 Å². The van der Waals surface area contributed by atoms with Gasteiger partial charge in [0.1, 0.15) is 17.9 Å². The maximum absolute atomic E-state index is 11.2. The summed E-state index contributed by atoms with van der Waals surface area (Å²) in [7, 11) is 1.39. The molecule has 0 fully saturated rings. The van der Waals surface area contributed by atoms with Crippen molar-refractivity contribution in [3.8, 4) is 5.75 Å². The third kappa shape index (κ3) is 4.34. The summed E-state index contributed by atoms with van der Waals surface area (Å²) in [4.78, 5) is 22.1. The molecule has 0 spiro atoms. The van der Waals surface area contributed by atoms with E-state index in [0.29, 0.717) is 5.56 Å². The van der Waals surface area contributed by atoms with Gasteiger partial charge in [0.2, 0.25) is 0 Å². The van der Waals surface area contributed by atoms with E-state index in [1.807, 2.05) is 0 Å². The van der Waals surface area contributed by atoms with Gasteiger partial charge in [-0.15, -0.1) is 0 Å². The van der Waals surface area contributed by atoms with Crippen LogP contribution in [0.4, 0.5) is 4.79 Å². The molecular formula is C13H15NO5. The lowest BCUT2D eigenvalue weighted by Crippen LogP contribution is -2.23. The van der Waals surface area contributed by atoms with Gasteiger partial charge in [-0.2, -0.15) is 0 Å². The minimum absolute atomic E-state index is 0.0699. The highest BCUT2D eigenvalue weighted by Gasteiger charge is 2.11. The van der Waals surface area contributed by atoms with Gasteiger partial charge in [-0.05, 0) is 17.7 Å². The summed E-state index contributed by atoms with van der Waals surface area (Å²) in [5.74, 6) is -0.826. The van der Waals surface area contributed by atoms with Crippen LogP contribution in [0.15, 0.2) is 30.9 Å². The minimum Gasteiger partial charge on any atom is -0.496 e. The fourth-order valence-corrected chi connectivity index (χ4v) is 1.38. The first-order valence-electron chi connectivity index (χ1n) is 5.50. The quantitative estimate of drug-likeness (QED) is 0.766. The Morgan fingerprint density at radius 3 is 2.79 bits per heavy atom. The average Bonchev–Trinajstić information content (AvgIpc) is 2.42. The molecule has 1 aromatic rings. The second-order valence-electron chi connectivity index (χ2n) is 3.58. The first-order valence-corrected chi connectivity index (χ1v) is 5.50. The maximum Gasteiger partial charge on any atom is 0.407 e. The predicted molar refractivity (Wildman–Crippen MR) is 68.3 cm³/mol. The maximum atomic E-state index is 11.2. The number of aromatic carboxylic acids is 1. The van der Waals surface area contributed by atoms with Crippen LogP contribution in [0, 0.1) is 0 Å². The zero-order chi connectivity index (χ0) is 14.3. The van der Waals surface area contributed by atoms with Gasteiger partial charge in [0.25, 0.3) is 0 Å². The Labute approximate surface area is 110 Å². The summed E-state index contributed by atoms with van der Waals surface area (Å²) in [6, 6.07) is 4.57. The number of carboxylic acids is 1. The Hall–Kier alpha value is -2.50. The molecular weight excluding hydrogens is 250 g/mol. The monoisotopic (exact) mass is 265 g/mol. The third-order valence-electron chi connectivity index (χ3n) is 2.27. The normalized spacial score (nSPS) is 9.53.